The van der Waals surface area contributed by atoms with Crippen molar-refractivity contribution in [2.45, 2.75) is 25.0 Å². The zero-order chi connectivity index (χ0) is 22.0. The molecule has 0 atom stereocenters. The molecule has 1 aromatic carbocycles. The van der Waals surface area contributed by atoms with Crippen molar-refractivity contribution >= 4 is 22.2 Å². The van der Waals surface area contributed by atoms with Crippen LogP contribution in [0.15, 0.2) is 52.0 Å². The summed E-state index contributed by atoms with van der Waals surface area (Å²) in [6, 6.07) is 11.7. The lowest BCUT2D eigenvalue weighted by molar-refractivity contribution is 0.144. The van der Waals surface area contributed by atoms with Crippen LogP contribution in [-0.2, 0) is 23.2 Å². The Labute approximate surface area is 185 Å². The number of aromatic nitrogens is 3. The largest absolute Gasteiger partial charge is 0.461 e. The van der Waals surface area contributed by atoms with Crippen molar-refractivity contribution in [2.24, 2.45) is 0 Å². The van der Waals surface area contributed by atoms with Crippen molar-refractivity contribution in [2.75, 3.05) is 26.2 Å². The molecule has 4 rings (SSSR count). The van der Waals surface area contributed by atoms with Gasteiger partial charge in [0, 0.05) is 32.7 Å². The van der Waals surface area contributed by atoms with E-state index in [-0.39, 0.29) is 4.90 Å². The number of nitriles is 1. The molecule has 0 saturated carbocycles. The number of benzene rings is 1. The predicted molar refractivity (Wildman–Crippen MR) is 116 cm³/mol. The summed E-state index contributed by atoms with van der Waals surface area (Å²) in [6.45, 7) is 5.01. The molecule has 0 unspecified atom stereocenters. The highest BCUT2D eigenvalue weighted by Crippen LogP contribution is 2.21. The second-order valence-electron chi connectivity index (χ2n) is 7.13. The van der Waals surface area contributed by atoms with Gasteiger partial charge in [-0.05, 0) is 55.5 Å². The summed E-state index contributed by atoms with van der Waals surface area (Å²) in [5.41, 5.74) is 0.431. The maximum atomic E-state index is 12.9. The molecule has 1 aliphatic rings. The van der Waals surface area contributed by atoms with Crippen LogP contribution < -0.4 is 0 Å². The van der Waals surface area contributed by atoms with Crippen molar-refractivity contribution in [3.05, 3.63) is 53.0 Å². The summed E-state index contributed by atoms with van der Waals surface area (Å²) in [6.07, 6.45) is 1.60. The molecular weight excluding hydrogens is 436 g/mol. The minimum absolute atomic E-state index is 0.201. The lowest BCUT2D eigenvalue weighted by atomic mass is 10.2. The number of sulfonamides is 1. The number of hydrogen-bond acceptors (Lipinski definition) is 7. The molecule has 162 valence electrons. The summed E-state index contributed by atoms with van der Waals surface area (Å²) in [4.78, 5) is 2.33. The molecule has 1 saturated heterocycles. The van der Waals surface area contributed by atoms with Crippen LogP contribution in [-0.4, -0.2) is 58.1 Å². The maximum Gasteiger partial charge on any atom is 0.243 e. The molecular formula is C20H22N6O3S2. The monoisotopic (exact) mass is 458 g/mol. The molecule has 0 radical (unpaired) electrons. The molecule has 0 amide bonds. The molecule has 2 aromatic heterocycles. The maximum absolute atomic E-state index is 12.9. The topological polar surface area (TPSA) is 100 Å². The molecule has 9 nitrogen and oxygen atoms in total. The van der Waals surface area contributed by atoms with Gasteiger partial charge in [-0.2, -0.15) is 9.57 Å². The van der Waals surface area contributed by atoms with Crippen LogP contribution in [0.5, 0.6) is 0 Å². The van der Waals surface area contributed by atoms with Crippen molar-refractivity contribution in [3.63, 3.8) is 0 Å². The summed E-state index contributed by atoms with van der Waals surface area (Å²) >= 11 is 5.59. The van der Waals surface area contributed by atoms with E-state index in [4.69, 9.17) is 21.9 Å². The first-order valence-electron chi connectivity index (χ1n) is 9.88. The lowest BCUT2D eigenvalue weighted by Gasteiger charge is -2.33. The fourth-order valence-corrected chi connectivity index (χ4v) is 5.29. The normalized spacial score (nSPS) is 15.7. The highest BCUT2D eigenvalue weighted by atomic mass is 32.2. The van der Waals surface area contributed by atoms with Crippen LogP contribution in [0.25, 0.3) is 11.6 Å². The van der Waals surface area contributed by atoms with E-state index in [9.17, 15) is 8.42 Å². The molecule has 0 spiro atoms. The average Bonchev–Trinajstić information content (AvgIpc) is 3.42. The van der Waals surface area contributed by atoms with E-state index in [1.54, 1.807) is 10.9 Å². The minimum atomic E-state index is -3.59. The molecule has 1 aliphatic heterocycles. The highest BCUT2D eigenvalue weighted by molar-refractivity contribution is 7.89. The van der Waals surface area contributed by atoms with Crippen molar-refractivity contribution in [1.29, 1.82) is 5.26 Å². The van der Waals surface area contributed by atoms with Gasteiger partial charge in [-0.1, -0.05) is 0 Å². The second kappa shape index (κ2) is 8.76. The van der Waals surface area contributed by atoms with Crippen molar-refractivity contribution in [3.8, 4) is 17.7 Å². The Bertz CT molecular complexity index is 1250. The van der Waals surface area contributed by atoms with Gasteiger partial charge in [0.05, 0.1) is 29.5 Å². The molecule has 0 bridgehead atoms. The third-order valence-corrected chi connectivity index (χ3v) is 7.61. The van der Waals surface area contributed by atoms with Crippen LogP contribution >= 0.6 is 12.2 Å². The van der Waals surface area contributed by atoms with Gasteiger partial charge in [0.25, 0.3) is 0 Å². The standard InChI is InChI=1S/C20H22N6O3S2/c1-2-25-19(18-4-3-13-29-18)22-26(20(25)30)15-23-9-11-24(12-10-23)31(27,28)17-7-5-16(14-21)6-8-17/h3-8,13H,2,9-12,15H2,1H3. The number of piperazine rings is 1. The SMILES string of the molecule is CCn1c(-c2ccco2)nn(CN2CCN(S(=O)(=O)c3ccc(C#N)cc3)CC2)c1=S. The fraction of sp³-hybridized carbons (Fsp3) is 0.350. The fourth-order valence-electron chi connectivity index (χ4n) is 3.56. The van der Waals surface area contributed by atoms with Gasteiger partial charge in [0.1, 0.15) is 0 Å². The van der Waals surface area contributed by atoms with E-state index in [0.717, 1.165) is 0 Å². The Kier molecular flexibility index (Phi) is 6.06. The van der Waals surface area contributed by atoms with Gasteiger partial charge in [-0.25, -0.2) is 13.1 Å². The van der Waals surface area contributed by atoms with E-state index in [1.807, 2.05) is 29.7 Å². The third kappa shape index (κ3) is 4.20. The zero-order valence-electron chi connectivity index (χ0n) is 17.0. The first kappa shape index (κ1) is 21.5. The van der Waals surface area contributed by atoms with Gasteiger partial charge in [-0.15, -0.1) is 5.10 Å². The Morgan fingerprint density at radius 3 is 2.45 bits per heavy atom. The van der Waals surface area contributed by atoms with Crippen LogP contribution in [0.1, 0.15) is 12.5 Å². The lowest BCUT2D eigenvalue weighted by Crippen LogP contribution is -2.48. The summed E-state index contributed by atoms with van der Waals surface area (Å²) in [5, 5.41) is 13.5. The van der Waals surface area contributed by atoms with Gasteiger partial charge in [-0.3, -0.25) is 9.47 Å². The Hall–Kier alpha value is -2.78. The smallest absolute Gasteiger partial charge is 0.243 e. The number of nitrogens with zero attached hydrogens (tertiary/aromatic N) is 6. The molecule has 3 aromatic rings. The second-order valence-corrected chi connectivity index (χ2v) is 9.43. The summed E-state index contributed by atoms with van der Waals surface area (Å²) in [7, 11) is -3.59. The van der Waals surface area contributed by atoms with Crippen LogP contribution in [0.4, 0.5) is 0 Å². The molecule has 31 heavy (non-hydrogen) atoms. The van der Waals surface area contributed by atoms with E-state index in [1.165, 1.54) is 28.6 Å². The van der Waals surface area contributed by atoms with Crippen LogP contribution in [0, 0.1) is 16.1 Å². The molecule has 1 fully saturated rings. The first-order valence-corrected chi connectivity index (χ1v) is 11.7. The first-order chi connectivity index (χ1) is 14.9. The quantitative estimate of drug-likeness (QED) is 0.523. The van der Waals surface area contributed by atoms with E-state index >= 15 is 0 Å². The van der Waals surface area contributed by atoms with E-state index < -0.39 is 10.0 Å². The summed E-state index contributed by atoms with van der Waals surface area (Å²) < 4.78 is 37.0. The van der Waals surface area contributed by atoms with Gasteiger partial charge in [0.15, 0.2) is 16.4 Å². The van der Waals surface area contributed by atoms with Crippen molar-refractivity contribution in [1.82, 2.24) is 23.6 Å². The minimum Gasteiger partial charge on any atom is -0.461 e. The van der Waals surface area contributed by atoms with Crippen molar-refractivity contribution < 1.29 is 12.8 Å². The number of furan rings is 1. The Morgan fingerprint density at radius 2 is 1.87 bits per heavy atom. The predicted octanol–water partition coefficient (Wildman–Crippen LogP) is 2.53. The average molecular weight is 459 g/mol. The highest BCUT2D eigenvalue weighted by Gasteiger charge is 2.29. The molecule has 11 heteroatoms. The number of rotatable bonds is 6. The molecule has 0 N–H and O–H groups in total. The van der Waals surface area contributed by atoms with Crippen LogP contribution in [0.2, 0.25) is 0 Å². The molecule has 3 heterocycles. The zero-order valence-corrected chi connectivity index (χ0v) is 18.6. The number of hydrogen-bond donors (Lipinski definition) is 0. The van der Waals surface area contributed by atoms with E-state index in [0.29, 0.717) is 61.3 Å². The van der Waals surface area contributed by atoms with E-state index in [2.05, 4.69) is 10.00 Å². The van der Waals surface area contributed by atoms with Gasteiger partial charge in [0.2, 0.25) is 10.0 Å². The Morgan fingerprint density at radius 1 is 1.16 bits per heavy atom. The van der Waals surface area contributed by atoms with Gasteiger partial charge >= 0.3 is 0 Å². The van der Waals surface area contributed by atoms with Crippen LogP contribution in [0.3, 0.4) is 0 Å². The summed E-state index contributed by atoms with van der Waals surface area (Å²) in [5.74, 6) is 1.34. The molecule has 0 aliphatic carbocycles. The third-order valence-electron chi connectivity index (χ3n) is 5.27. The Balaban J connectivity index is 1.45. The van der Waals surface area contributed by atoms with Gasteiger partial charge < -0.3 is 4.42 Å².